The number of hydrogen-bond donors (Lipinski definition) is 1. The number of aromatic nitrogens is 1. The zero-order chi connectivity index (χ0) is 25.0. The molecule has 3 aromatic carbocycles. The van der Waals surface area contributed by atoms with Crippen molar-refractivity contribution in [1.82, 2.24) is 4.57 Å². The van der Waals surface area contributed by atoms with Crippen molar-refractivity contribution < 1.29 is 17.9 Å². The molecule has 8 heteroatoms. The molecule has 0 amide bonds. The van der Waals surface area contributed by atoms with E-state index < -0.39 is 11.7 Å². The molecule has 0 fully saturated rings. The number of nitrogens with zero attached hydrogens (tertiary/aromatic N) is 2. The Balaban J connectivity index is 1.41. The SMILES string of the molecule is Cc1cc(/C=N/Nc2ccc(C(F)(F)F)cc2)c(C)n1-c1ccc(OCc2ccc(Cl)cc2)cc1. The normalized spacial score (nSPS) is 11.7. The second kappa shape index (κ2) is 10.3. The van der Waals surface area contributed by atoms with E-state index in [2.05, 4.69) is 15.1 Å². The first-order chi connectivity index (χ1) is 16.7. The molecule has 0 aliphatic rings. The van der Waals surface area contributed by atoms with Crippen molar-refractivity contribution in [3.05, 3.63) is 112 Å². The van der Waals surface area contributed by atoms with Crippen LogP contribution >= 0.6 is 11.6 Å². The third-order valence-electron chi connectivity index (χ3n) is 5.49. The minimum Gasteiger partial charge on any atom is -0.489 e. The van der Waals surface area contributed by atoms with Crippen molar-refractivity contribution in [1.29, 1.82) is 0 Å². The van der Waals surface area contributed by atoms with Crippen molar-refractivity contribution in [3.63, 3.8) is 0 Å². The highest BCUT2D eigenvalue weighted by molar-refractivity contribution is 6.30. The molecule has 1 aromatic heterocycles. The van der Waals surface area contributed by atoms with E-state index in [4.69, 9.17) is 16.3 Å². The van der Waals surface area contributed by atoms with Gasteiger partial charge in [0.25, 0.3) is 0 Å². The molecular formula is C27H23ClF3N3O. The quantitative estimate of drug-likeness (QED) is 0.209. The smallest absolute Gasteiger partial charge is 0.416 e. The summed E-state index contributed by atoms with van der Waals surface area (Å²) in [5.41, 5.74) is 7.46. The average molecular weight is 498 g/mol. The molecule has 0 saturated heterocycles. The van der Waals surface area contributed by atoms with Gasteiger partial charge in [-0.25, -0.2) is 0 Å². The van der Waals surface area contributed by atoms with Gasteiger partial charge in [-0.05, 0) is 86.1 Å². The van der Waals surface area contributed by atoms with Crippen LogP contribution in [0, 0.1) is 13.8 Å². The van der Waals surface area contributed by atoms with Gasteiger partial charge in [-0.15, -0.1) is 0 Å². The summed E-state index contributed by atoms with van der Waals surface area (Å²) in [4.78, 5) is 0. The lowest BCUT2D eigenvalue weighted by Crippen LogP contribution is -2.04. The minimum absolute atomic E-state index is 0.449. The number of nitrogens with one attached hydrogen (secondary N) is 1. The van der Waals surface area contributed by atoms with Gasteiger partial charge in [0.2, 0.25) is 0 Å². The maximum atomic E-state index is 12.7. The Morgan fingerprint density at radius 3 is 2.23 bits per heavy atom. The van der Waals surface area contributed by atoms with E-state index in [0.717, 1.165) is 46.1 Å². The molecule has 4 aromatic rings. The van der Waals surface area contributed by atoms with Gasteiger partial charge in [-0.1, -0.05) is 23.7 Å². The Hall–Kier alpha value is -3.71. The number of ether oxygens (including phenoxy) is 1. The van der Waals surface area contributed by atoms with Crippen LogP contribution in [0.5, 0.6) is 5.75 Å². The zero-order valence-electron chi connectivity index (χ0n) is 19.1. The van der Waals surface area contributed by atoms with Crippen LogP contribution in [0.3, 0.4) is 0 Å². The minimum atomic E-state index is -4.36. The second-order valence-electron chi connectivity index (χ2n) is 8.02. The monoisotopic (exact) mass is 497 g/mol. The summed E-state index contributed by atoms with van der Waals surface area (Å²) in [7, 11) is 0. The molecule has 0 atom stereocenters. The Bertz CT molecular complexity index is 1310. The number of anilines is 1. The maximum absolute atomic E-state index is 12.7. The molecule has 180 valence electrons. The van der Waals surface area contributed by atoms with Gasteiger partial charge in [-0.2, -0.15) is 18.3 Å². The van der Waals surface area contributed by atoms with E-state index >= 15 is 0 Å². The first kappa shape index (κ1) is 24.4. The molecule has 0 saturated carbocycles. The van der Waals surface area contributed by atoms with Crippen LogP contribution in [-0.2, 0) is 12.8 Å². The molecular weight excluding hydrogens is 475 g/mol. The number of rotatable bonds is 7. The molecule has 4 rings (SSSR count). The fourth-order valence-electron chi connectivity index (χ4n) is 3.66. The highest BCUT2D eigenvalue weighted by Crippen LogP contribution is 2.30. The molecule has 0 aliphatic heterocycles. The third kappa shape index (κ3) is 6.05. The summed E-state index contributed by atoms with van der Waals surface area (Å²) in [6, 6.07) is 22.1. The molecule has 0 unspecified atom stereocenters. The number of aryl methyl sites for hydroxylation is 1. The van der Waals surface area contributed by atoms with Crippen molar-refractivity contribution in [2.75, 3.05) is 5.43 Å². The van der Waals surface area contributed by atoms with E-state index in [9.17, 15) is 13.2 Å². The summed E-state index contributed by atoms with van der Waals surface area (Å²) < 4.78 is 46.1. The van der Waals surface area contributed by atoms with Crippen molar-refractivity contribution in [2.24, 2.45) is 5.10 Å². The molecule has 1 N–H and O–H groups in total. The molecule has 0 radical (unpaired) electrons. The number of benzene rings is 3. The van der Waals surface area contributed by atoms with E-state index in [1.54, 1.807) is 6.21 Å². The maximum Gasteiger partial charge on any atom is 0.416 e. The molecule has 1 heterocycles. The van der Waals surface area contributed by atoms with Crippen LogP contribution in [0.2, 0.25) is 5.02 Å². The van der Waals surface area contributed by atoms with Gasteiger partial charge in [-0.3, -0.25) is 5.43 Å². The summed E-state index contributed by atoms with van der Waals surface area (Å²) in [6.07, 6.45) is -2.71. The Kier molecular flexibility index (Phi) is 7.17. The van der Waals surface area contributed by atoms with Crippen molar-refractivity contribution >= 4 is 23.5 Å². The average Bonchev–Trinajstić information content (AvgIpc) is 3.11. The highest BCUT2D eigenvalue weighted by atomic mass is 35.5. The Morgan fingerprint density at radius 1 is 0.943 bits per heavy atom. The molecule has 0 spiro atoms. The van der Waals surface area contributed by atoms with E-state index in [1.807, 2.05) is 68.4 Å². The lowest BCUT2D eigenvalue weighted by Gasteiger charge is -2.11. The van der Waals surface area contributed by atoms with E-state index in [0.29, 0.717) is 17.3 Å². The van der Waals surface area contributed by atoms with Crippen LogP contribution in [0.1, 0.15) is 28.1 Å². The van der Waals surface area contributed by atoms with Crippen LogP contribution in [0.15, 0.2) is 84.0 Å². The molecule has 0 bridgehead atoms. The number of halogens is 4. The standard InChI is InChI=1S/C27H23ClF3N3O/c1-18-15-21(16-32-33-24-9-5-22(6-10-24)27(29,30)31)19(2)34(18)25-11-13-26(14-12-25)35-17-20-3-7-23(28)8-4-20/h3-16,33H,17H2,1-2H3/b32-16+. The fraction of sp³-hybridized carbons (Fsp3) is 0.148. The third-order valence-corrected chi connectivity index (χ3v) is 5.75. The van der Waals surface area contributed by atoms with Gasteiger partial charge in [0.05, 0.1) is 17.5 Å². The van der Waals surface area contributed by atoms with Gasteiger partial charge < -0.3 is 9.30 Å². The first-order valence-electron chi connectivity index (χ1n) is 10.8. The van der Waals surface area contributed by atoms with E-state index in [1.165, 1.54) is 12.1 Å². The summed E-state index contributed by atoms with van der Waals surface area (Å²) >= 11 is 5.92. The number of hydrogen-bond acceptors (Lipinski definition) is 3. The first-order valence-corrected chi connectivity index (χ1v) is 11.2. The lowest BCUT2D eigenvalue weighted by molar-refractivity contribution is -0.137. The second-order valence-corrected chi connectivity index (χ2v) is 8.45. The number of hydrazone groups is 1. The van der Waals surface area contributed by atoms with Gasteiger partial charge in [0, 0.05) is 27.7 Å². The molecule has 35 heavy (non-hydrogen) atoms. The molecule has 4 nitrogen and oxygen atoms in total. The van der Waals surface area contributed by atoms with Gasteiger partial charge in [0.15, 0.2) is 0 Å². The lowest BCUT2D eigenvalue weighted by atomic mass is 10.2. The van der Waals surface area contributed by atoms with Crippen molar-refractivity contribution in [2.45, 2.75) is 26.6 Å². The van der Waals surface area contributed by atoms with E-state index in [-0.39, 0.29) is 0 Å². The molecule has 0 aliphatic carbocycles. The van der Waals surface area contributed by atoms with Crippen LogP contribution in [-0.4, -0.2) is 10.8 Å². The van der Waals surface area contributed by atoms with Crippen LogP contribution in [0.4, 0.5) is 18.9 Å². The predicted octanol–water partition coefficient (Wildman–Crippen LogP) is 7.79. The van der Waals surface area contributed by atoms with Crippen LogP contribution in [0.25, 0.3) is 5.69 Å². The predicted molar refractivity (Wildman–Crippen MR) is 134 cm³/mol. The summed E-state index contributed by atoms with van der Waals surface area (Å²) in [6.45, 7) is 4.43. The fourth-order valence-corrected chi connectivity index (χ4v) is 3.79. The Labute approximate surface area is 206 Å². The van der Waals surface area contributed by atoms with Gasteiger partial charge >= 0.3 is 6.18 Å². The number of alkyl halides is 3. The topological polar surface area (TPSA) is 38.5 Å². The highest BCUT2D eigenvalue weighted by Gasteiger charge is 2.29. The summed E-state index contributed by atoms with van der Waals surface area (Å²) in [5.74, 6) is 0.758. The van der Waals surface area contributed by atoms with Gasteiger partial charge in [0.1, 0.15) is 12.4 Å². The van der Waals surface area contributed by atoms with Crippen LogP contribution < -0.4 is 10.2 Å². The largest absolute Gasteiger partial charge is 0.489 e. The summed E-state index contributed by atoms with van der Waals surface area (Å²) in [5, 5.41) is 4.88. The Morgan fingerprint density at radius 2 is 1.60 bits per heavy atom. The van der Waals surface area contributed by atoms with Crippen molar-refractivity contribution in [3.8, 4) is 11.4 Å². The zero-order valence-corrected chi connectivity index (χ0v) is 19.9.